The average Bonchev–Trinajstić information content (AvgIpc) is 2.52. The molecule has 0 aliphatic rings. The van der Waals surface area contributed by atoms with Crippen molar-refractivity contribution in [1.82, 2.24) is 5.32 Å². The van der Waals surface area contributed by atoms with E-state index in [4.69, 9.17) is 9.84 Å². The zero-order valence-electron chi connectivity index (χ0n) is 13.2. The minimum atomic E-state index is -0.537. The van der Waals surface area contributed by atoms with Crippen LogP contribution in [0.25, 0.3) is 0 Å². The van der Waals surface area contributed by atoms with Gasteiger partial charge < -0.3 is 20.3 Å². The van der Waals surface area contributed by atoms with Crippen molar-refractivity contribution < 1.29 is 14.9 Å². The van der Waals surface area contributed by atoms with Gasteiger partial charge in [0.15, 0.2) is 0 Å². The van der Waals surface area contributed by atoms with Gasteiger partial charge in [0.05, 0.1) is 25.4 Å². The highest BCUT2D eigenvalue weighted by molar-refractivity contribution is 5.27. The van der Waals surface area contributed by atoms with Gasteiger partial charge in [0.1, 0.15) is 5.75 Å². The summed E-state index contributed by atoms with van der Waals surface area (Å²) in [5, 5.41) is 22.0. The van der Waals surface area contributed by atoms with E-state index in [1.165, 1.54) is 18.4 Å². The first kappa shape index (κ1) is 18.0. The Morgan fingerprint density at radius 3 is 2.48 bits per heavy atom. The first-order valence-electron chi connectivity index (χ1n) is 7.89. The van der Waals surface area contributed by atoms with Crippen LogP contribution in [0.15, 0.2) is 24.3 Å². The van der Waals surface area contributed by atoms with Crippen molar-refractivity contribution in [2.24, 2.45) is 0 Å². The molecule has 4 nitrogen and oxygen atoms in total. The number of aliphatic hydroxyl groups excluding tert-OH is 2. The van der Waals surface area contributed by atoms with E-state index in [-0.39, 0.29) is 12.6 Å². The Hall–Kier alpha value is -1.10. The SMILES string of the molecule is CCCCCOc1ccc(CC[C@H](O)[C@@H](CO)NC)cc1. The summed E-state index contributed by atoms with van der Waals surface area (Å²) in [6, 6.07) is 7.78. The van der Waals surface area contributed by atoms with Gasteiger partial charge in [-0.2, -0.15) is 0 Å². The highest BCUT2D eigenvalue weighted by Gasteiger charge is 2.15. The molecule has 1 aromatic carbocycles. The number of unbranched alkanes of at least 4 members (excludes halogenated alkanes) is 2. The number of benzene rings is 1. The minimum Gasteiger partial charge on any atom is -0.494 e. The average molecular weight is 295 g/mol. The van der Waals surface area contributed by atoms with Gasteiger partial charge in [0.25, 0.3) is 0 Å². The molecule has 0 amide bonds. The number of likely N-dealkylation sites (N-methyl/N-ethyl adjacent to an activating group) is 1. The van der Waals surface area contributed by atoms with Crippen molar-refractivity contribution in [3.05, 3.63) is 29.8 Å². The van der Waals surface area contributed by atoms with Crippen molar-refractivity contribution in [3.63, 3.8) is 0 Å². The van der Waals surface area contributed by atoms with Gasteiger partial charge in [0.2, 0.25) is 0 Å². The van der Waals surface area contributed by atoms with E-state index in [2.05, 4.69) is 12.2 Å². The Bertz CT molecular complexity index is 363. The lowest BCUT2D eigenvalue weighted by molar-refractivity contribution is 0.0875. The van der Waals surface area contributed by atoms with Crippen LogP contribution < -0.4 is 10.1 Å². The van der Waals surface area contributed by atoms with Gasteiger partial charge >= 0.3 is 0 Å². The second-order valence-corrected chi connectivity index (χ2v) is 5.38. The summed E-state index contributed by atoms with van der Waals surface area (Å²) in [5.41, 5.74) is 1.17. The lowest BCUT2D eigenvalue weighted by Crippen LogP contribution is -2.40. The molecule has 0 aliphatic carbocycles. The third-order valence-corrected chi connectivity index (χ3v) is 3.70. The fraction of sp³-hybridized carbons (Fsp3) is 0.647. The van der Waals surface area contributed by atoms with E-state index in [1.807, 2.05) is 24.3 Å². The number of aliphatic hydroxyl groups is 2. The number of hydrogen-bond acceptors (Lipinski definition) is 4. The number of ether oxygens (including phenoxy) is 1. The molecule has 0 bridgehead atoms. The second-order valence-electron chi connectivity index (χ2n) is 5.38. The molecular formula is C17H29NO3. The molecule has 0 fully saturated rings. The summed E-state index contributed by atoms with van der Waals surface area (Å²) < 4.78 is 5.67. The molecule has 120 valence electrons. The predicted molar refractivity (Wildman–Crippen MR) is 85.7 cm³/mol. The van der Waals surface area contributed by atoms with Crippen molar-refractivity contribution in [2.75, 3.05) is 20.3 Å². The molecule has 0 aromatic heterocycles. The molecular weight excluding hydrogens is 266 g/mol. The van der Waals surface area contributed by atoms with Gasteiger partial charge in [-0.25, -0.2) is 0 Å². The van der Waals surface area contributed by atoms with Crippen molar-refractivity contribution in [1.29, 1.82) is 0 Å². The third-order valence-electron chi connectivity index (χ3n) is 3.70. The molecule has 0 heterocycles. The quantitative estimate of drug-likeness (QED) is 0.547. The van der Waals surface area contributed by atoms with Gasteiger partial charge in [-0.15, -0.1) is 0 Å². The van der Waals surface area contributed by atoms with E-state index in [1.54, 1.807) is 7.05 Å². The Balaban J connectivity index is 2.33. The van der Waals surface area contributed by atoms with Gasteiger partial charge in [-0.1, -0.05) is 31.9 Å². The standard InChI is InChI=1S/C17H29NO3/c1-3-4-5-12-21-15-9-6-14(7-10-15)8-11-17(20)16(13-19)18-2/h6-7,9-10,16-20H,3-5,8,11-13H2,1-2H3/t16-,17+/m1/s1. The van der Waals surface area contributed by atoms with E-state index in [0.29, 0.717) is 6.42 Å². The number of rotatable bonds is 11. The van der Waals surface area contributed by atoms with Crippen molar-refractivity contribution >= 4 is 0 Å². The molecule has 0 unspecified atom stereocenters. The lowest BCUT2D eigenvalue weighted by atomic mass is 10.0. The first-order valence-corrected chi connectivity index (χ1v) is 7.89. The van der Waals surface area contributed by atoms with E-state index in [0.717, 1.165) is 25.2 Å². The molecule has 4 heteroatoms. The molecule has 0 radical (unpaired) electrons. The Morgan fingerprint density at radius 1 is 1.19 bits per heavy atom. The molecule has 1 aromatic rings. The molecule has 0 spiro atoms. The van der Waals surface area contributed by atoms with E-state index < -0.39 is 6.10 Å². The van der Waals surface area contributed by atoms with Crippen LogP contribution >= 0.6 is 0 Å². The summed E-state index contributed by atoms with van der Waals surface area (Å²) in [4.78, 5) is 0. The summed E-state index contributed by atoms with van der Waals surface area (Å²) >= 11 is 0. The number of hydrogen-bond donors (Lipinski definition) is 3. The second kappa shape index (κ2) is 10.6. The lowest BCUT2D eigenvalue weighted by Gasteiger charge is -2.20. The maximum Gasteiger partial charge on any atom is 0.119 e. The maximum absolute atomic E-state index is 9.94. The van der Waals surface area contributed by atoms with Crippen LogP contribution in [0.3, 0.4) is 0 Å². The van der Waals surface area contributed by atoms with Crippen LogP contribution in [0.2, 0.25) is 0 Å². The van der Waals surface area contributed by atoms with Crippen LogP contribution in [0.5, 0.6) is 5.75 Å². The fourth-order valence-electron chi connectivity index (χ4n) is 2.22. The number of aryl methyl sites for hydroxylation is 1. The highest BCUT2D eigenvalue weighted by atomic mass is 16.5. The Morgan fingerprint density at radius 2 is 1.90 bits per heavy atom. The van der Waals surface area contributed by atoms with Crippen LogP contribution in [0.4, 0.5) is 0 Å². The molecule has 21 heavy (non-hydrogen) atoms. The summed E-state index contributed by atoms with van der Waals surface area (Å²) in [5.74, 6) is 0.902. The number of nitrogens with one attached hydrogen (secondary N) is 1. The maximum atomic E-state index is 9.94. The monoisotopic (exact) mass is 295 g/mol. The van der Waals surface area contributed by atoms with Crippen LogP contribution in [-0.2, 0) is 6.42 Å². The van der Waals surface area contributed by atoms with Crippen LogP contribution in [0, 0.1) is 0 Å². The smallest absolute Gasteiger partial charge is 0.119 e. The van der Waals surface area contributed by atoms with Crippen molar-refractivity contribution in [3.8, 4) is 5.75 Å². The van der Waals surface area contributed by atoms with Crippen molar-refractivity contribution in [2.45, 2.75) is 51.2 Å². The van der Waals surface area contributed by atoms with Gasteiger partial charge in [0, 0.05) is 0 Å². The Labute approximate surface area is 128 Å². The molecule has 2 atom stereocenters. The molecule has 3 N–H and O–H groups in total. The van der Waals surface area contributed by atoms with E-state index >= 15 is 0 Å². The molecule has 0 saturated carbocycles. The van der Waals surface area contributed by atoms with Gasteiger partial charge in [-0.3, -0.25) is 0 Å². The zero-order chi connectivity index (χ0) is 15.5. The summed E-state index contributed by atoms with van der Waals surface area (Å²) in [6.45, 7) is 2.90. The summed E-state index contributed by atoms with van der Waals surface area (Å²) in [6.07, 6.45) is 4.37. The predicted octanol–water partition coefficient (Wildman–Crippen LogP) is 2.13. The molecule has 0 saturated heterocycles. The normalized spacial score (nSPS) is 13.9. The molecule has 0 aliphatic heterocycles. The first-order chi connectivity index (χ1) is 10.2. The van der Waals surface area contributed by atoms with Gasteiger partial charge in [-0.05, 0) is 44.0 Å². The van der Waals surface area contributed by atoms with Crippen LogP contribution in [0.1, 0.15) is 38.2 Å². The topological polar surface area (TPSA) is 61.7 Å². The molecule has 1 rings (SSSR count). The zero-order valence-corrected chi connectivity index (χ0v) is 13.2. The summed E-state index contributed by atoms with van der Waals surface area (Å²) in [7, 11) is 1.74. The van der Waals surface area contributed by atoms with E-state index in [9.17, 15) is 5.11 Å². The third kappa shape index (κ3) is 6.93. The van der Waals surface area contributed by atoms with Crippen LogP contribution in [-0.4, -0.2) is 42.6 Å². The fourth-order valence-corrected chi connectivity index (χ4v) is 2.22. The Kier molecular flexibility index (Phi) is 9.06. The largest absolute Gasteiger partial charge is 0.494 e. The minimum absolute atomic E-state index is 0.0534. The highest BCUT2D eigenvalue weighted by Crippen LogP contribution is 2.15.